The van der Waals surface area contributed by atoms with E-state index in [1.807, 2.05) is 18.2 Å². The molecule has 0 bridgehead atoms. The minimum absolute atomic E-state index is 0.175. The highest BCUT2D eigenvalue weighted by molar-refractivity contribution is 5.42. The lowest BCUT2D eigenvalue weighted by molar-refractivity contribution is 0.101. The van der Waals surface area contributed by atoms with E-state index in [4.69, 9.17) is 15.2 Å². The Balaban J connectivity index is 2.20. The summed E-state index contributed by atoms with van der Waals surface area (Å²) >= 11 is 0. The molecular formula is C16H27N3O2. The predicted octanol–water partition coefficient (Wildman–Crippen LogP) is 1.34. The molecule has 1 fully saturated rings. The highest BCUT2D eigenvalue weighted by atomic mass is 16.5. The van der Waals surface area contributed by atoms with Crippen LogP contribution in [0.4, 0.5) is 0 Å². The fourth-order valence-electron chi connectivity index (χ4n) is 2.96. The first-order valence-corrected chi connectivity index (χ1v) is 7.61. The summed E-state index contributed by atoms with van der Waals surface area (Å²) in [5, 5.41) is 0. The number of hydrogen-bond acceptors (Lipinski definition) is 5. The molecule has 0 saturated carbocycles. The first-order valence-electron chi connectivity index (χ1n) is 7.61. The van der Waals surface area contributed by atoms with Crippen molar-refractivity contribution in [2.24, 2.45) is 5.73 Å². The smallest absolute Gasteiger partial charge is 0.123 e. The van der Waals surface area contributed by atoms with E-state index in [1.54, 1.807) is 14.2 Å². The zero-order valence-electron chi connectivity index (χ0n) is 13.3. The van der Waals surface area contributed by atoms with Gasteiger partial charge in [-0.3, -0.25) is 4.90 Å². The summed E-state index contributed by atoms with van der Waals surface area (Å²) in [5.74, 6) is 1.72. The molecule has 1 saturated heterocycles. The van der Waals surface area contributed by atoms with Crippen molar-refractivity contribution >= 4 is 0 Å². The first-order chi connectivity index (χ1) is 10.2. The van der Waals surface area contributed by atoms with E-state index in [0.717, 1.165) is 49.8 Å². The maximum absolute atomic E-state index is 6.07. The highest BCUT2D eigenvalue weighted by Crippen LogP contribution is 2.32. The van der Waals surface area contributed by atoms with Crippen molar-refractivity contribution in [3.8, 4) is 11.5 Å². The Morgan fingerprint density at radius 3 is 2.38 bits per heavy atom. The van der Waals surface area contributed by atoms with Crippen LogP contribution < -0.4 is 15.2 Å². The number of nitrogens with two attached hydrogens (primary N) is 1. The molecule has 2 rings (SSSR count). The van der Waals surface area contributed by atoms with Gasteiger partial charge in [0, 0.05) is 38.3 Å². The maximum atomic E-state index is 6.07. The average molecular weight is 293 g/mol. The minimum atomic E-state index is 0.175. The van der Waals surface area contributed by atoms with Crippen LogP contribution in [0.5, 0.6) is 11.5 Å². The van der Waals surface area contributed by atoms with Crippen molar-refractivity contribution in [3.63, 3.8) is 0 Å². The van der Waals surface area contributed by atoms with Gasteiger partial charge in [-0.1, -0.05) is 6.92 Å². The lowest BCUT2D eigenvalue weighted by Gasteiger charge is -2.39. The van der Waals surface area contributed by atoms with Gasteiger partial charge in [-0.25, -0.2) is 0 Å². The number of piperazine rings is 1. The molecule has 0 aliphatic carbocycles. The molecule has 0 radical (unpaired) electrons. The molecule has 0 spiro atoms. The Kier molecular flexibility index (Phi) is 5.85. The molecule has 0 amide bonds. The molecule has 1 unspecified atom stereocenters. The van der Waals surface area contributed by atoms with E-state index in [2.05, 4.69) is 16.7 Å². The van der Waals surface area contributed by atoms with Gasteiger partial charge in [0.15, 0.2) is 0 Å². The number of hydrogen-bond donors (Lipinski definition) is 1. The molecule has 21 heavy (non-hydrogen) atoms. The molecule has 0 aromatic heterocycles. The third-order valence-corrected chi connectivity index (χ3v) is 4.31. The van der Waals surface area contributed by atoms with Gasteiger partial charge in [-0.15, -0.1) is 0 Å². The van der Waals surface area contributed by atoms with E-state index in [9.17, 15) is 0 Å². The molecule has 5 heteroatoms. The zero-order valence-corrected chi connectivity index (χ0v) is 13.3. The van der Waals surface area contributed by atoms with Crippen LogP contribution in [0.3, 0.4) is 0 Å². The van der Waals surface area contributed by atoms with E-state index in [1.165, 1.54) is 0 Å². The predicted molar refractivity (Wildman–Crippen MR) is 85.0 cm³/mol. The molecule has 1 aliphatic heterocycles. The van der Waals surface area contributed by atoms with Crippen molar-refractivity contribution < 1.29 is 9.47 Å². The van der Waals surface area contributed by atoms with E-state index in [0.29, 0.717) is 6.54 Å². The molecule has 1 aliphatic rings. The zero-order chi connectivity index (χ0) is 15.2. The second-order valence-electron chi connectivity index (χ2n) is 5.33. The van der Waals surface area contributed by atoms with Crippen LogP contribution in [0.2, 0.25) is 0 Å². The Morgan fingerprint density at radius 1 is 1.14 bits per heavy atom. The normalized spacial score (nSPS) is 18.5. The Morgan fingerprint density at radius 2 is 1.86 bits per heavy atom. The number of rotatable bonds is 6. The molecule has 1 aromatic carbocycles. The van der Waals surface area contributed by atoms with Crippen molar-refractivity contribution in [1.82, 2.24) is 9.80 Å². The lowest BCUT2D eigenvalue weighted by atomic mass is 10.0. The number of ether oxygens (including phenoxy) is 2. The fourth-order valence-corrected chi connectivity index (χ4v) is 2.96. The van der Waals surface area contributed by atoms with Gasteiger partial charge in [-0.2, -0.15) is 0 Å². The minimum Gasteiger partial charge on any atom is -0.497 e. The molecule has 5 nitrogen and oxygen atoms in total. The number of methoxy groups -OCH3 is 2. The van der Waals surface area contributed by atoms with E-state index >= 15 is 0 Å². The molecule has 1 heterocycles. The topological polar surface area (TPSA) is 51.0 Å². The van der Waals surface area contributed by atoms with Crippen LogP contribution in [-0.2, 0) is 0 Å². The second-order valence-corrected chi connectivity index (χ2v) is 5.33. The summed E-state index contributed by atoms with van der Waals surface area (Å²) in [6, 6.07) is 6.10. The summed E-state index contributed by atoms with van der Waals surface area (Å²) in [6.07, 6.45) is 0. The van der Waals surface area contributed by atoms with Crippen LogP contribution in [0, 0.1) is 0 Å². The molecule has 1 aromatic rings. The van der Waals surface area contributed by atoms with E-state index < -0.39 is 0 Å². The highest BCUT2D eigenvalue weighted by Gasteiger charge is 2.26. The maximum Gasteiger partial charge on any atom is 0.123 e. The third-order valence-electron chi connectivity index (χ3n) is 4.31. The monoisotopic (exact) mass is 293 g/mol. The molecule has 2 N–H and O–H groups in total. The Hall–Kier alpha value is -1.30. The summed E-state index contributed by atoms with van der Waals surface area (Å²) in [4.78, 5) is 4.91. The van der Waals surface area contributed by atoms with Gasteiger partial charge in [0.1, 0.15) is 11.5 Å². The van der Waals surface area contributed by atoms with Crippen LogP contribution in [0.15, 0.2) is 18.2 Å². The lowest BCUT2D eigenvalue weighted by Crippen LogP contribution is -2.48. The molecular weight excluding hydrogens is 266 g/mol. The number of nitrogens with zero attached hydrogens (tertiary/aromatic N) is 2. The van der Waals surface area contributed by atoms with Crippen LogP contribution in [-0.4, -0.2) is 63.3 Å². The number of likely N-dealkylation sites (N-methyl/N-ethyl adjacent to an activating group) is 1. The summed E-state index contributed by atoms with van der Waals surface area (Å²) < 4.78 is 10.9. The van der Waals surface area contributed by atoms with Crippen LogP contribution in [0.25, 0.3) is 0 Å². The van der Waals surface area contributed by atoms with Crippen molar-refractivity contribution in [2.45, 2.75) is 13.0 Å². The first kappa shape index (κ1) is 16.1. The van der Waals surface area contributed by atoms with Crippen molar-refractivity contribution in [2.75, 3.05) is 53.5 Å². The SMILES string of the molecule is CCN1CCN(C(CN)c2cc(OC)ccc2OC)CC1. The van der Waals surface area contributed by atoms with Crippen molar-refractivity contribution in [1.29, 1.82) is 0 Å². The van der Waals surface area contributed by atoms with Gasteiger partial charge in [-0.05, 0) is 24.7 Å². The van der Waals surface area contributed by atoms with Gasteiger partial charge >= 0.3 is 0 Å². The third kappa shape index (κ3) is 3.67. The Labute approximate surface area is 127 Å². The average Bonchev–Trinajstić information content (AvgIpc) is 2.56. The largest absolute Gasteiger partial charge is 0.497 e. The van der Waals surface area contributed by atoms with Crippen molar-refractivity contribution in [3.05, 3.63) is 23.8 Å². The van der Waals surface area contributed by atoms with Gasteiger partial charge in [0.25, 0.3) is 0 Å². The van der Waals surface area contributed by atoms with Crippen LogP contribution >= 0.6 is 0 Å². The second kappa shape index (κ2) is 7.64. The molecule has 118 valence electrons. The summed E-state index contributed by atoms with van der Waals surface area (Å²) in [6.45, 7) is 8.17. The van der Waals surface area contributed by atoms with Crippen LogP contribution in [0.1, 0.15) is 18.5 Å². The van der Waals surface area contributed by atoms with Gasteiger partial charge < -0.3 is 20.1 Å². The summed E-state index contributed by atoms with van der Waals surface area (Å²) in [7, 11) is 3.39. The van der Waals surface area contributed by atoms with Gasteiger partial charge in [0.2, 0.25) is 0 Å². The standard InChI is InChI=1S/C16H27N3O2/c1-4-18-7-9-19(10-8-18)15(12-17)14-11-13(20-2)5-6-16(14)21-3/h5-6,11,15H,4,7-10,12,17H2,1-3H3. The quantitative estimate of drug-likeness (QED) is 0.858. The van der Waals surface area contributed by atoms with Gasteiger partial charge in [0.05, 0.1) is 20.3 Å². The summed E-state index contributed by atoms with van der Waals surface area (Å²) in [5.41, 5.74) is 7.18. The Bertz CT molecular complexity index is 445. The number of benzene rings is 1. The van der Waals surface area contributed by atoms with E-state index in [-0.39, 0.29) is 6.04 Å². The molecule has 1 atom stereocenters. The fraction of sp³-hybridized carbons (Fsp3) is 0.625.